The van der Waals surface area contributed by atoms with E-state index in [-0.39, 0.29) is 17.2 Å². The van der Waals surface area contributed by atoms with E-state index in [1.165, 1.54) is 32.4 Å². The Morgan fingerprint density at radius 2 is 1.97 bits per heavy atom. The number of para-hydroxylation sites is 1. The quantitative estimate of drug-likeness (QED) is 0.614. The molecule has 1 atom stereocenters. The van der Waals surface area contributed by atoms with Crippen LogP contribution in [0, 0.1) is 5.82 Å². The molecule has 0 unspecified atom stereocenters. The van der Waals surface area contributed by atoms with Crippen LogP contribution in [0.2, 0.25) is 0 Å². The van der Waals surface area contributed by atoms with Gasteiger partial charge in [0.15, 0.2) is 11.5 Å². The highest BCUT2D eigenvalue weighted by Crippen LogP contribution is 2.51. The molecule has 8 heteroatoms. The van der Waals surface area contributed by atoms with Gasteiger partial charge in [0.2, 0.25) is 5.91 Å². The fraction of sp³-hybridized carbons (Fsp3) is 0.182. The summed E-state index contributed by atoms with van der Waals surface area (Å²) in [6, 6.07) is 11.1. The molecule has 6 nitrogen and oxygen atoms in total. The van der Waals surface area contributed by atoms with Crippen LogP contribution in [0.1, 0.15) is 32.5 Å². The van der Waals surface area contributed by atoms with Gasteiger partial charge in [-0.2, -0.15) is 0 Å². The first kappa shape index (κ1) is 19.9. The average molecular weight is 427 g/mol. The molecule has 0 bridgehead atoms. The van der Waals surface area contributed by atoms with E-state index in [0.717, 1.165) is 16.9 Å². The highest BCUT2D eigenvalue weighted by atomic mass is 32.1. The normalized spacial score (nSPS) is 15.3. The van der Waals surface area contributed by atoms with Gasteiger partial charge < -0.3 is 19.9 Å². The van der Waals surface area contributed by atoms with Crippen molar-refractivity contribution >= 4 is 28.9 Å². The SMILES string of the molecule is COc1cccc([C@H]2CC(=O)Nc3c2sc(C(=O)O)c3-c2cccc(F)c2)c1OC. The van der Waals surface area contributed by atoms with Crippen LogP contribution < -0.4 is 14.8 Å². The molecule has 0 fully saturated rings. The second-order valence-corrected chi connectivity index (χ2v) is 7.80. The van der Waals surface area contributed by atoms with Gasteiger partial charge in [-0.25, -0.2) is 9.18 Å². The highest BCUT2D eigenvalue weighted by Gasteiger charge is 2.36. The van der Waals surface area contributed by atoms with Crippen LogP contribution in [0.4, 0.5) is 10.1 Å². The number of fused-ring (bicyclic) bond motifs is 1. The zero-order chi connectivity index (χ0) is 21.4. The number of carboxylic acid groups (broad SMARTS) is 1. The van der Waals surface area contributed by atoms with E-state index < -0.39 is 17.7 Å². The number of carbonyl (C=O) groups is 2. The molecule has 0 radical (unpaired) electrons. The standard InChI is InChI=1S/C22H18FNO5S/c1-28-15-8-4-7-13(19(15)29-2)14-10-16(25)24-18-17(11-5-3-6-12(23)9-11)21(22(26)27)30-20(14)18/h3-9,14H,10H2,1-2H3,(H,24,25)(H,26,27)/t14-/m1/s1. The number of anilines is 1. The van der Waals surface area contributed by atoms with Crippen molar-refractivity contribution in [2.24, 2.45) is 0 Å². The number of hydrogen-bond acceptors (Lipinski definition) is 5. The van der Waals surface area contributed by atoms with Gasteiger partial charge in [-0.15, -0.1) is 11.3 Å². The number of thiophene rings is 1. The summed E-state index contributed by atoms with van der Waals surface area (Å²) in [7, 11) is 3.04. The minimum Gasteiger partial charge on any atom is -0.493 e. The summed E-state index contributed by atoms with van der Waals surface area (Å²) in [5, 5.41) is 12.6. The number of aromatic carboxylic acids is 1. The second-order valence-electron chi connectivity index (χ2n) is 6.75. The minimum atomic E-state index is -1.14. The highest BCUT2D eigenvalue weighted by molar-refractivity contribution is 7.15. The smallest absolute Gasteiger partial charge is 0.346 e. The number of carbonyl (C=O) groups excluding carboxylic acids is 1. The number of rotatable bonds is 5. The number of ether oxygens (including phenoxy) is 2. The summed E-state index contributed by atoms with van der Waals surface area (Å²) >= 11 is 1.08. The Hall–Kier alpha value is -3.39. The van der Waals surface area contributed by atoms with Crippen molar-refractivity contribution in [3.05, 3.63) is 63.6 Å². The van der Waals surface area contributed by atoms with E-state index in [4.69, 9.17) is 9.47 Å². The molecular formula is C22H18FNO5S. The molecule has 2 aromatic carbocycles. The average Bonchev–Trinajstić information content (AvgIpc) is 3.12. The third-order valence-corrected chi connectivity index (χ3v) is 6.31. The molecule has 2 N–H and O–H groups in total. The Kier molecular flexibility index (Phi) is 5.17. The summed E-state index contributed by atoms with van der Waals surface area (Å²) in [5.41, 5.74) is 1.82. The molecule has 0 spiro atoms. The van der Waals surface area contributed by atoms with Gasteiger partial charge in [-0.3, -0.25) is 4.79 Å². The Bertz CT molecular complexity index is 1160. The molecular weight excluding hydrogens is 409 g/mol. The molecule has 4 rings (SSSR count). The van der Waals surface area contributed by atoms with Crippen LogP contribution in [-0.2, 0) is 4.79 Å². The van der Waals surface area contributed by atoms with Gasteiger partial charge in [-0.1, -0.05) is 24.3 Å². The molecule has 0 saturated heterocycles. The lowest BCUT2D eigenvalue weighted by Gasteiger charge is -2.25. The van der Waals surface area contributed by atoms with Gasteiger partial charge in [0.05, 0.1) is 19.9 Å². The third kappa shape index (κ3) is 3.29. The van der Waals surface area contributed by atoms with Crippen molar-refractivity contribution in [2.45, 2.75) is 12.3 Å². The Morgan fingerprint density at radius 1 is 1.20 bits per heavy atom. The van der Waals surface area contributed by atoms with Crippen molar-refractivity contribution in [1.29, 1.82) is 0 Å². The zero-order valence-corrected chi connectivity index (χ0v) is 17.0. The van der Waals surface area contributed by atoms with E-state index >= 15 is 0 Å². The van der Waals surface area contributed by atoms with Crippen molar-refractivity contribution < 1.29 is 28.6 Å². The number of halogens is 1. The first-order valence-corrected chi connectivity index (χ1v) is 9.92. The van der Waals surface area contributed by atoms with Crippen molar-refractivity contribution in [3.63, 3.8) is 0 Å². The van der Waals surface area contributed by atoms with E-state index in [9.17, 15) is 19.1 Å². The Morgan fingerprint density at radius 3 is 2.63 bits per heavy atom. The van der Waals surface area contributed by atoms with Gasteiger partial charge >= 0.3 is 5.97 Å². The lowest BCUT2D eigenvalue weighted by molar-refractivity contribution is -0.116. The van der Waals surface area contributed by atoms with Crippen molar-refractivity contribution in [2.75, 3.05) is 19.5 Å². The predicted octanol–water partition coefficient (Wildman–Crippen LogP) is 4.74. The fourth-order valence-electron chi connectivity index (χ4n) is 3.79. The van der Waals surface area contributed by atoms with E-state index in [2.05, 4.69) is 5.32 Å². The zero-order valence-electron chi connectivity index (χ0n) is 16.2. The molecule has 3 aromatic rings. The van der Waals surface area contributed by atoms with Gasteiger partial charge in [0.1, 0.15) is 10.7 Å². The maximum absolute atomic E-state index is 13.9. The lowest BCUT2D eigenvalue weighted by atomic mass is 9.88. The molecule has 0 saturated carbocycles. The van der Waals surface area contributed by atoms with Gasteiger partial charge in [-0.05, 0) is 23.8 Å². The summed E-state index contributed by atoms with van der Waals surface area (Å²) in [4.78, 5) is 25.3. The summed E-state index contributed by atoms with van der Waals surface area (Å²) in [5.74, 6) is -1.31. The molecule has 1 amide bonds. The third-order valence-electron chi connectivity index (χ3n) is 5.02. The number of amides is 1. The second kappa shape index (κ2) is 7.79. The fourth-order valence-corrected chi connectivity index (χ4v) is 5.03. The number of carboxylic acids is 1. The summed E-state index contributed by atoms with van der Waals surface area (Å²) in [6.07, 6.45) is 0.124. The lowest BCUT2D eigenvalue weighted by Crippen LogP contribution is -2.22. The largest absolute Gasteiger partial charge is 0.493 e. The predicted molar refractivity (Wildman–Crippen MR) is 111 cm³/mol. The summed E-state index contributed by atoms with van der Waals surface area (Å²) in [6.45, 7) is 0. The molecule has 1 aliphatic heterocycles. The number of nitrogens with one attached hydrogen (secondary N) is 1. The maximum Gasteiger partial charge on any atom is 0.346 e. The first-order chi connectivity index (χ1) is 14.4. The van der Waals surface area contributed by atoms with E-state index in [1.807, 2.05) is 6.07 Å². The van der Waals surface area contributed by atoms with Crippen molar-refractivity contribution in [1.82, 2.24) is 0 Å². The number of methoxy groups -OCH3 is 2. The van der Waals surface area contributed by atoms with Crippen LogP contribution in [0.3, 0.4) is 0 Å². The topological polar surface area (TPSA) is 84.9 Å². The number of benzene rings is 2. The van der Waals surface area contributed by atoms with E-state index in [1.54, 1.807) is 18.2 Å². The van der Waals surface area contributed by atoms with Crippen molar-refractivity contribution in [3.8, 4) is 22.6 Å². The van der Waals surface area contributed by atoms with Gasteiger partial charge in [0.25, 0.3) is 0 Å². The van der Waals surface area contributed by atoms with Crippen LogP contribution in [0.15, 0.2) is 42.5 Å². The van der Waals surface area contributed by atoms with Crippen LogP contribution >= 0.6 is 11.3 Å². The first-order valence-electron chi connectivity index (χ1n) is 9.11. The molecule has 30 heavy (non-hydrogen) atoms. The van der Waals surface area contributed by atoms with Crippen LogP contribution in [0.5, 0.6) is 11.5 Å². The molecule has 1 aromatic heterocycles. The number of hydrogen-bond donors (Lipinski definition) is 2. The monoisotopic (exact) mass is 427 g/mol. The van der Waals surface area contributed by atoms with Crippen LogP contribution in [0.25, 0.3) is 11.1 Å². The van der Waals surface area contributed by atoms with E-state index in [0.29, 0.717) is 33.2 Å². The Balaban J connectivity index is 1.97. The van der Waals surface area contributed by atoms with Gasteiger partial charge in [0, 0.05) is 28.3 Å². The summed E-state index contributed by atoms with van der Waals surface area (Å²) < 4.78 is 24.8. The minimum absolute atomic E-state index is 0.0414. The molecule has 2 heterocycles. The van der Waals surface area contributed by atoms with Crippen LogP contribution in [-0.4, -0.2) is 31.2 Å². The molecule has 154 valence electrons. The Labute approximate surface area is 175 Å². The maximum atomic E-state index is 13.9. The molecule has 0 aliphatic carbocycles. The molecule has 1 aliphatic rings.